The molecule has 0 aromatic heterocycles. The first-order valence-corrected chi connectivity index (χ1v) is 9.45. The van der Waals surface area contributed by atoms with Gasteiger partial charge in [-0.05, 0) is 17.9 Å². The van der Waals surface area contributed by atoms with E-state index in [2.05, 4.69) is 13.8 Å². The smallest absolute Gasteiger partial charge is 0.310 e. The quantitative estimate of drug-likeness (QED) is 0.332. The second-order valence-corrected chi connectivity index (χ2v) is 6.53. The predicted molar refractivity (Wildman–Crippen MR) is 97.5 cm³/mol. The largest absolute Gasteiger partial charge is 0.465 e. The van der Waals surface area contributed by atoms with Crippen LogP contribution in [-0.4, -0.2) is 12.6 Å². The minimum atomic E-state index is -0.101. The van der Waals surface area contributed by atoms with Crippen LogP contribution in [0.1, 0.15) is 77.2 Å². The fourth-order valence-electron chi connectivity index (χ4n) is 2.94. The van der Waals surface area contributed by atoms with E-state index in [0.29, 0.717) is 13.0 Å². The summed E-state index contributed by atoms with van der Waals surface area (Å²) in [4.78, 5) is 11.9. The SMILES string of the molecule is CCCCCCC(CCCC)CCOC(=O)Cc1ccccc1. The first-order valence-electron chi connectivity index (χ1n) is 9.45. The van der Waals surface area contributed by atoms with E-state index in [1.807, 2.05) is 30.3 Å². The minimum Gasteiger partial charge on any atom is -0.465 e. The third kappa shape index (κ3) is 10.1. The maximum atomic E-state index is 11.9. The summed E-state index contributed by atoms with van der Waals surface area (Å²) in [5.74, 6) is 0.618. The van der Waals surface area contributed by atoms with Gasteiger partial charge in [-0.1, -0.05) is 95.5 Å². The number of esters is 1. The molecule has 0 bridgehead atoms. The van der Waals surface area contributed by atoms with Crippen LogP contribution in [0.15, 0.2) is 30.3 Å². The van der Waals surface area contributed by atoms with Crippen LogP contribution in [0.4, 0.5) is 0 Å². The first-order chi connectivity index (χ1) is 11.3. The van der Waals surface area contributed by atoms with E-state index in [4.69, 9.17) is 4.74 Å². The Bertz CT molecular complexity index is 400. The lowest BCUT2D eigenvalue weighted by atomic mass is 9.92. The fraction of sp³-hybridized carbons (Fsp3) is 0.667. The number of rotatable bonds is 13. The van der Waals surface area contributed by atoms with Crippen molar-refractivity contribution in [2.45, 2.75) is 78.1 Å². The van der Waals surface area contributed by atoms with Gasteiger partial charge in [0.2, 0.25) is 0 Å². The van der Waals surface area contributed by atoms with Gasteiger partial charge in [-0.2, -0.15) is 0 Å². The Kier molecular flexibility index (Phi) is 11.3. The molecule has 0 N–H and O–H groups in total. The summed E-state index contributed by atoms with van der Waals surface area (Å²) in [7, 11) is 0. The highest BCUT2D eigenvalue weighted by Crippen LogP contribution is 2.20. The maximum absolute atomic E-state index is 11.9. The molecule has 0 aliphatic heterocycles. The third-order valence-corrected chi connectivity index (χ3v) is 4.41. The average molecular weight is 319 g/mol. The molecule has 23 heavy (non-hydrogen) atoms. The number of carbonyl (C=O) groups is 1. The molecule has 0 radical (unpaired) electrons. The number of unbranched alkanes of at least 4 members (excludes halogenated alkanes) is 4. The normalized spacial score (nSPS) is 12.1. The molecule has 2 heteroatoms. The van der Waals surface area contributed by atoms with Crippen LogP contribution in [0.25, 0.3) is 0 Å². The van der Waals surface area contributed by atoms with Crippen molar-refractivity contribution in [1.82, 2.24) is 0 Å². The molecule has 2 nitrogen and oxygen atoms in total. The van der Waals surface area contributed by atoms with Crippen LogP contribution in [-0.2, 0) is 16.0 Å². The molecule has 0 amide bonds. The lowest BCUT2D eigenvalue weighted by Crippen LogP contribution is -2.12. The van der Waals surface area contributed by atoms with Gasteiger partial charge in [0.05, 0.1) is 13.0 Å². The zero-order valence-electron chi connectivity index (χ0n) is 15.1. The Balaban J connectivity index is 2.22. The van der Waals surface area contributed by atoms with E-state index in [9.17, 15) is 4.79 Å². The molecule has 0 saturated heterocycles. The summed E-state index contributed by atoms with van der Waals surface area (Å²) in [6.07, 6.45) is 11.8. The van der Waals surface area contributed by atoms with Crippen molar-refractivity contribution in [2.24, 2.45) is 5.92 Å². The predicted octanol–water partition coefficient (Wildman–Crippen LogP) is 5.94. The molecule has 0 spiro atoms. The zero-order valence-corrected chi connectivity index (χ0v) is 15.1. The van der Waals surface area contributed by atoms with E-state index in [1.165, 1.54) is 51.4 Å². The monoisotopic (exact) mass is 318 g/mol. The van der Waals surface area contributed by atoms with Crippen LogP contribution < -0.4 is 0 Å². The molecule has 1 rings (SSSR count). The van der Waals surface area contributed by atoms with Gasteiger partial charge in [-0.3, -0.25) is 4.79 Å². The summed E-state index contributed by atoms with van der Waals surface area (Å²) < 4.78 is 5.44. The molecular formula is C21H34O2. The zero-order chi connectivity index (χ0) is 16.8. The van der Waals surface area contributed by atoms with E-state index >= 15 is 0 Å². The second kappa shape index (κ2) is 13.2. The van der Waals surface area contributed by atoms with Crippen molar-refractivity contribution in [2.75, 3.05) is 6.61 Å². The van der Waals surface area contributed by atoms with Crippen molar-refractivity contribution >= 4 is 5.97 Å². The molecular weight excluding hydrogens is 284 g/mol. The van der Waals surface area contributed by atoms with Gasteiger partial charge in [-0.15, -0.1) is 0 Å². The van der Waals surface area contributed by atoms with Crippen molar-refractivity contribution < 1.29 is 9.53 Å². The third-order valence-electron chi connectivity index (χ3n) is 4.41. The van der Waals surface area contributed by atoms with E-state index in [-0.39, 0.29) is 5.97 Å². The number of ether oxygens (including phenoxy) is 1. The average Bonchev–Trinajstić information content (AvgIpc) is 2.56. The van der Waals surface area contributed by atoms with Crippen molar-refractivity contribution in [3.8, 4) is 0 Å². The molecule has 0 fully saturated rings. The molecule has 1 aromatic carbocycles. The summed E-state index contributed by atoms with van der Waals surface area (Å²) in [5, 5.41) is 0. The van der Waals surface area contributed by atoms with Gasteiger partial charge in [0.15, 0.2) is 0 Å². The molecule has 1 atom stereocenters. The molecule has 0 heterocycles. The van der Waals surface area contributed by atoms with Gasteiger partial charge in [0, 0.05) is 0 Å². The lowest BCUT2D eigenvalue weighted by molar-refractivity contribution is -0.143. The Hall–Kier alpha value is -1.31. The van der Waals surface area contributed by atoms with Crippen LogP contribution in [0.5, 0.6) is 0 Å². The van der Waals surface area contributed by atoms with E-state index in [0.717, 1.165) is 17.9 Å². The highest BCUT2D eigenvalue weighted by Gasteiger charge is 2.10. The van der Waals surface area contributed by atoms with Crippen LogP contribution in [0.2, 0.25) is 0 Å². The minimum absolute atomic E-state index is 0.101. The number of hydrogen-bond donors (Lipinski definition) is 0. The molecule has 0 saturated carbocycles. The number of hydrogen-bond acceptors (Lipinski definition) is 2. The van der Waals surface area contributed by atoms with Gasteiger partial charge in [0.1, 0.15) is 0 Å². The summed E-state index contributed by atoms with van der Waals surface area (Å²) in [6, 6.07) is 9.82. The number of carbonyl (C=O) groups excluding carboxylic acids is 1. The molecule has 130 valence electrons. The molecule has 0 aliphatic rings. The van der Waals surface area contributed by atoms with Crippen molar-refractivity contribution in [1.29, 1.82) is 0 Å². The van der Waals surface area contributed by atoms with Crippen LogP contribution in [0.3, 0.4) is 0 Å². The van der Waals surface area contributed by atoms with Gasteiger partial charge >= 0.3 is 5.97 Å². The molecule has 0 aliphatic carbocycles. The molecule has 1 unspecified atom stereocenters. The Morgan fingerprint density at radius 1 is 0.913 bits per heavy atom. The van der Waals surface area contributed by atoms with Gasteiger partial charge in [-0.25, -0.2) is 0 Å². The maximum Gasteiger partial charge on any atom is 0.310 e. The van der Waals surface area contributed by atoms with Crippen molar-refractivity contribution in [3.63, 3.8) is 0 Å². The van der Waals surface area contributed by atoms with Crippen LogP contribution in [0, 0.1) is 5.92 Å². The van der Waals surface area contributed by atoms with E-state index < -0.39 is 0 Å². The van der Waals surface area contributed by atoms with Crippen molar-refractivity contribution in [3.05, 3.63) is 35.9 Å². The topological polar surface area (TPSA) is 26.3 Å². The Morgan fingerprint density at radius 2 is 1.61 bits per heavy atom. The van der Waals surface area contributed by atoms with Gasteiger partial charge in [0.25, 0.3) is 0 Å². The van der Waals surface area contributed by atoms with E-state index in [1.54, 1.807) is 0 Å². The fourth-order valence-corrected chi connectivity index (χ4v) is 2.94. The van der Waals surface area contributed by atoms with Gasteiger partial charge < -0.3 is 4.74 Å². The summed E-state index contributed by atoms with van der Waals surface area (Å²) >= 11 is 0. The summed E-state index contributed by atoms with van der Waals surface area (Å²) in [6.45, 7) is 5.07. The van der Waals surface area contributed by atoms with Crippen LogP contribution >= 0.6 is 0 Å². The first kappa shape index (κ1) is 19.7. The Labute approximate surface area is 142 Å². The summed E-state index contributed by atoms with van der Waals surface area (Å²) in [5.41, 5.74) is 1.03. The lowest BCUT2D eigenvalue weighted by Gasteiger charge is -2.16. The highest BCUT2D eigenvalue weighted by atomic mass is 16.5. The molecule has 1 aromatic rings. The second-order valence-electron chi connectivity index (χ2n) is 6.53. The highest BCUT2D eigenvalue weighted by molar-refractivity contribution is 5.72. The number of benzene rings is 1. The standard InChI is InChI=1S/C21H34O2/c1-3-5-7-9-13-19(12-6-4-2)16-17-23-21(22)18-20-14-10-8-11-15-20/h8,10-11,14-15,19H,3-7,9,12-13,16-18H2,1-2H3. The Morgan fingerprint density at radius 3 is 2.30 bits per heavy atom.